The van der Waals surface area contributed by atoms with Gasteiger partial charge >= 0.3 is 12.2 Å². The van der Waals surface area contributed by atoms with E-state index in [1.807, 2.05) is 43.0 Å². The fourth-order valence-electron chi connectivity index (χ4n) is 3.94. The lowest BCUT2D eigenvalue weighted by atomic mass is 10.1. The molecule has 0 saturated carbocycles. The summed E-state index contributed by atoms with van der Waals surface area (Å²) in [6, 6.07) is 8.13. The standard InChI is InChI=1S/C22H21BrF3N5O/c1-12-8-17-16(13(2)28-12)4-3-5-19(17)30-21(32)29-15-6-7-31(11-15)20-18(23)9-14(10-27-20)22(24,25)26/h3-5,8-10,15H,6-7,11H2,1-2H3,(H2,29,30,32). The number of nitrogens with zero attached hydrogens (tertiary/aromatic N) is 3. The van der Waals surface area contributed by atoms with Crippen LogP contribution in [0.3, 0.4) is 0 Å². The van der Waals surface area contributed by atoms with Crippen molar-refractivity contribution >= 4 is 44.2 Å². The van der Waals surface area contributed by atoms with E-state index in [4.69, 9.17) is 0 Å². The Bertz CT molecular complexity index is 1180. The number of urea groups is 1. The first-order valence-electron chi connectivity index (χ1n) is 10.0. The molecule has 0 spiro atoms. The van der Waals surface area contributed by atoms with E-state index >= 15 is 0 Å². The number of anilines is 2. The Morgan fingerprint density at radius 2 is 2.00 bits per heavy atom. The summed E-state index contributed by atoms with van der Waals surface area (Å²) in [5, 5.41) is 7.74. The van der Waals surface area contributed by atoms with Gasteiger partial charge in [0.2, 0.25) is 0 Å². The van der Waals surface area contributed by atoms with E-state index in [1.54, 1.807) is 0 Å². The molecule has 1 unspecified atom stereocenters. The minimum Gasteiger partial charge on any atom is -0.354 e. The van der Waals surface area contributed by atoms with Crippen LogP contribution in [0.2, 0.25) is 0 Å². The first-order chi connectivity index (χ1) is 15.1. The molecule has 1 aliphatic heterocycles. The van der Waals surface area contributed by atoms with Gasteiger partial charge in [-0.25, -0.2) is 9.78 Å². The topological polar surface area (TPSA) is 70.2 Å². The summed E-state index contributed by atoms with van der Waals surface area (Å²) in [5.41, 5.74) is 1.64. The smallest absolute Gasteiger partial charge is 0.354 e. The van der Waals surface area contributed by atoms with Crippen LogP contribution in [0.15, 0.2) is 41.0 Å². The lowest BCUT2D eigenvalue weighted by Gasteiger charge is -2.20. The molecule has 1 saturated heterocycles. The number of halogens is 4. The molecule has 0 radical (unpaired) electrons. The predicted octanol–water partition coefficient (Wildman–Crippen LogP) is 5.43. The van der Waals surface area contributed by atoms with Gasteiger partial charge in [-0.2, -0.15) is 13.2 Å². The van der Waals surface area contributed by atoms with Crippen LogP contribution in [0.1, 0.15) is 23.4 Å². The van der Waals surface area contributed by atoms with Crippen LogP contribution >= 0.6 is 15.9 Å². The summed E-state index contributed by atoms with van der Waals surface area (Å²) in [6.07, 6.45) is -2.97. The molecule has 0 aliphatic carbocycles. The molecule has 1 fully saturated rings. The van der Waals surface area contributed by atoms with Crippen molar-refractivity contribution in [3.63, 3.8) is 0 Å². The number of amides is 2. The van der Waals surface area contributed by atoms with Crippen molar-refractivity contribution in [3.05, 3.63) is 58.0 Å². The number of pyridine rings is 2. The fraction of sp³-hybridized carbons (Fsp3) is 0.318. The number of aryl methyl sites for hydroxylation is 2. The predicted molar refractivity (Wildman–Crippen MR) is 121 cm³/mol. The second-order valence-electron chi connectivity index (χ2n) is 7.81. The Hall–Kier alpha value is -2.88. The molecule has 2 aromatic heterocycles. The minimum absolute atomic E-state index is 0.161. The van der Waals surface area contributed by atoms with Gasteiger partial charge in [0.05, 0.1) is 15.7 Å². The number of carbonyl (C=O) groups is 1. The molecule has 3 heterocycles. The maximum Gasteiger partial charge on any atom is 0.417 e. The maximum absolute atomic E-state index is 12.9. The van der Waals surface area contributed by atoms with Gasteiger partial charge < -0.3 is 15.5 Å². The van der Waals surface area contributed by atoms with Crippen LogP contribution in [-0.2, 0) is 6.18 Å². The molecular formula is C22H21BrF3N5O. The van der Waals surface area contributed by atoms with Gasteiger partial charge in [0, 0.05) is 47.5 Å². The van der Waals surface area contributed by atoms with E-state index in [2.05, 4.69) is 36.5 Å². The Morgan fingerprint density at radius 3 is 2.72 bits per heavy atom. The zero-order chi connectivity index (χ0) is 23.0. The van der Waals surface area contributed by atoms with Crippen LogP contribution in [0.5, 0.6) is 0 Å². The number of hydrogen-bond acceptors (Lipinski definition) is 4. The van der Waals surface area contributed by atoms with Crippen molar-refractivity contribution in [2.45, 2.75) is 32.5 Å². The molecule has 6 nitrogen and oxygen atoms in total. The second kappa shape index (κ2) is 8.57. The molecule has 10 heteroatoms. The molecule has 1 atom stereocenters. The Labute approximate surface area is 191 Å². The van der Waals surface area contributed by atoms with Crippen molar-refractivity contribution in [1.29, 1.82) is 0 Å². The highest BCUT2D eigenvalue weighted by Gasteiger charge is 2.33. The molecule has 2 N–H and O–H groups in total. The van der Waals surface area contributed by atoms with Crippen molar-refractivity contribution < 1.29 is 18.0 Å². The van der Waals surface area contributed by atoms with Crippen molar-refractivity contribution in [2.24, 2.45) is 0 Å². The first kappa shape index (κ1) is 22.3. The van der Waals surface area contributed by atoms with E-state index in [0.717, 1.165) is 34.4 Å². The summed E-state index contributed by atoms with van der Waals surface area (Å²) < 4.78 is 38.9. The third-order valence-corrected chi connectivity index (χ3v) is 6.00. The number of rotatable bonds is 3. The molecule has 0 bridgehead atoms. The largest absolute Gasteiger partial charge is 0.417 e. The fourth-order valence-corrected chi connectivity index (χ4v) is 4.54. The molecule has 1 aromatic carbocycles. The van der Waals surface area contributed by atoms with Gasteiger partial charge in [0.1, 0.15) is 5.82 Å². The highest BCUT2D eigenvalue weighted by atomic mass is 79.9. The van der Waals surface area contributed by atoms with Gasteiger partial charge in [-0.15, -0.1) is 0 Å². The number of hydrogen-bond donors (Lipinski definition) is 2. The Morgan fingerprint density at radius 1 is 1.22 bits per heavy atom. The van der Waals surface area contributed by atoms with Crippen LogP contribution in [-0.4, -0.2) is 35.1 Å². The van der Waals surface area contributed by atoms with Crippen LogP contribution in [0, 0.1) is 13.8 Å². The van der Waals surface area contributed by atoms with Gasteiger partial charge in [-0.05, 0) is 54.4 Å². The number of fused-ring (bicyclic) bond motifs is 1. The molecule has 32 heavy (non-hydrogen) atoms. The summed E-state index contributed by atoms with van der Waals surface area (Å²) >= 11 is 3.19. The van der Waals surface area contributed by atoms with E-state index < -0.39 is 11.7 Å². The SMILES string of the molecule is Cc1cc2c(NC(=O)NC3CCN(c4ncc(C(F)(F)F)cc4Br)C3)cccc2c(C)n1. The van der Waals surface area contributed by atoms with Crippen LogP contribution in [0.25, 0.3) is 10.8 Å². The first-order valence-corrected chi connectivity index (χ1v) is 10.8. The zero-order valence-electron chi connectivity index (χ0n) is 17.4. The summed E-state index contributed by atoms with van der Waals surface area (Å²) in [7, 11) is 0. The molecule has 2 amide bonds. The normalized spacial score (nSPS) is 16.4. The molecule has 1 aliphatic rings. The number of benzene rings is 1. The van der Waals surface area contributed by atoms with Gasteiger partial charge in [-0.3, -0.25) is 4.98 Å². The van der Waals surface area contributed by atoms with Crippen LogP contribution in [0.4, 0.5) is 29.5 Å². The Balaban J connectivity index is 1.43. The number of nitrogens with one attached hydrogen (secondary N) is 2. The van der Waals surface area contributed by atoms with E-state index in [9.17, 15) is 18.0 Å². The number of carbonyl (C=O) groups excluding carboxylic acids is 1. The highest BCUT2D eigenvalue weighted by Crippen LogP contribution is 2.34. The van der Waals surface area contributed by atoms with Gasteiger partial charge in [-0.1, -0.05) is 12.1 Å². The summed E-state index contributed by atoms with van der Waals surface area (Å²) in [6.45, 7) is 4.85. The van der Waals surface area contributed by atoms with Crippen molar-refractivity contribution in [2.75, 3.05) is 23.3 Å². The lowest BCUT2D eigenvalue weighted by Crippen LogP contribution is -2.39. The molecular weight excluding hydrogens is 487 g/mol. The third kappa shape index (κ3) is 4.64. The maximum atomic E-state index is 12.9. The highest BCUT2D eigenvalue weighted by molar-refractivity contribution is 9.10. The minimum atomic E-state index is -4.45. The zero-order valence-corrected chi connectivity index (χ0v) is 19.0. The van der Waals surface area contributed by atoms with Crippen molar-refractivity contribution in [3.8, 4) is 0 Å². The van der Waals surface area contributed by atoms with E-state index in [1.165, 1.54) is 0 Å². The van der Waals surface area contributed by atoms with Gasteiger partial charge in [0.15, 0.2) is 0 Å². The Kier molecular flexibility index (Phi) is 5.98. The van der Waals surface area contributed by atoms with E-state index in [0.29, 0.717) is 31.0 Å². The van der Waals surface area contributed by atoms with Gasteiger partial charge in [0.25, 0.3) is 0 Å². The molecule has 4 rings (SSSR count). The van der Waals surface area contributed by atoms with Crippen LogP contribution < -0.4 is 15.5 Å². The summed E-state index contributed by atoms with van der Waals surface area (Å²) in [5.74, 6) is 0.426. The quantitative estimate of drug-likeness (QED) is 0.495. The lowest BCUT2D eigenvalue weighted by molar-refractivity contribution is -0.137. The monoisotopic (exact) mass is 507 g/mol. The number of alkyl halides is 3. The van der Waals surface area contributed by atoms with Crippen molar-refractivity contribution in [1.82, 2.24) is 15.3 Å². The average Bonchev–Trinajstić information content (AvgIpc) is 3.15. The molecule has 3 aromatic rings. The van der Waals surface area contributed by atoms with E-state index in [-0.39, 0.29) is 16.5 Å². The second-order valence-corrected chi connectivity index (χ2v) is 8.66. The summed E-state index contributed by atoms with van der Waals surface area (Å²) in [4.78, 5) is 22.9. The number of aromatic nitrogens is 2. The average molecular weight is 508 g/mol. The molecule has 168 valence electrons. The third-order valence-electron chi connectivity index (χ3n) is 5.41.